The highest BCUT2D eigenvalue weighted by Gasteiger charge is 2.17. The molecule has 0 unspecified atom stereocenters. The Bertz CT molecular complexity index is 716. The van der Waals surface area contributed by atoms with E-state index in [9.17, 15) is 9.59 Å². The number of carbonyl (C=O) groups excluding carboxylic acids is 2. The first-order valence-corrected chi connectivity index (χ1v) is 9.59. The molecule has 0 aliphatic rings. The molecule has 26 heavy (non-hydrogen) atoms. The molecule has 3 heteroatoms. The molecule has 0 bridgehead atoms. The largest absolute Gasteiger partial charge is 0.386 e. The second kappa shape index (κ2) is 10.5. The third kappa shape index (κ3) is 5.83. The zero-order chi connectivity index (χ0) is 18.8. The lowest BCUT2D eigenvalue weighted by Crippen LogP contribution is -2.14. The van der Waals surface area contributed by atoms with E-state index in [-0.39, 0.29) is 0 Å². The van der Waals surface area contributed by atoms with Gasteiger partial charge in [0.25, 0.3) is 0 Å². The molecule has 2 rings (SSSR count). The van der Waals surface area contributed by atoms with Gasteiger partial charge in [0.2, 0.25) is 0 Å². The maximum absolute atomic E-state index is 12.3. The molecular weight excluding hydrogens is 324 g/mol. The summed E-state index contributed by atoms with van der Waals surface area (Å²) in [5.41, 5.74) is 2.94. The Hall–Kier alpha value is -2.42. The average Bonchev–Trinajstić information content (AvgIpc) is 2.68. The Morgan fingerprint density at radius 2 is 1.50 bits per heavy atom. The van der Waals surface area contributed by atoms with Gasteiger partial charge in [-0.2, -0.15) is 0 Å². The molecule has 0 saturated heterocycles. The van der Waals surface area contributed by atoms with Crippen LogP contribution in [-0.2, 0) is 17.6 Å². The molecule has 138 valence electrons. The third-order valence-corrected chi connectivity index (χ3v) is 4.56. The van der Waals surface area contributed by atoms with Crippen LogP contribution in [0, 0.1) is 0 Å². The lowest BCUT2D eigenvalue weighted by atomic mass is 10.0. The Morgan fingerprint density at radius 1 is 0.808 bits per heavy atom. The lowest BCUT2D eigenvalue weighted by molar-refractivity contribution is 0.0397. The van der Waals surface area contributed by atoms with Crippen LogP contribution in [0.2, 0.25) is 0 Å². The van der Waals surface area contributed by atoms with Crippen molar-refractivity contribution in [2.45, 2.75) is 58.8 Å². The summed E-state index contributed by atoms with van der Waals surface area (Å²) in [6.45, 7) is 4.18. The lowest BCUT2D eigenvalue weighted by Gasteiger charge is -2.07. The highest BCUT2D eigenvalue weighted by atomic mass is 16.6. The van der Waals surface area contributed by atoms with E-state index in [2.05, 4.69) is 6.92 Å². The van der Waals surface area contributed by atoms with Gasteiger partial charge in [0, 0.05) is 0 Å². The summed E-state index contributed by atoms with van der Waals surface area (Å²) in [5.74, 6) is -1.19. The van der Waals surface area contributed by atoms with Crippen molar-refractivity contribution in [2.75, 3.05) is 0 Å². The van der Waals surface area contributed by atoms with Crippen LogP contribution in [0.15, 0.2) is 48.5 Å². The fraction of sp³-hybridized carbons (Fsp3) is 0.391. The predicted molar refractivity (Wildman–Crippen MR) is 104 cm³/mol. The molecule has 0 aliphatic heterocycles. The summed E-state index contributed by atoms with van der Waals surface area (Å²) < 4.78 is 5.05. The van der Waals surface area contributed by atoms with Crippen LogP contribution in [0.5, 0.6) is 0 Å². The number of esters is 2. The smallest absolute Gasteiger partial charge is 0.346 e. The van der Waals surface area contributed by atoms with Crippen molar-refractivity contribution in [3.05, 3.63) is 70.8 Å². The number of ether oxygens (including phenoxy) is 1. The number of hydrogen-bond donors (Lipinski definition) is 0. The molecule has 0 fully saturated rings. The van der Waals surface area contributed by atoms with E-state index < -0.39 is 11.9 Å². The Kier molecular flexibility index (Phi) is 8.07. The summed E-state index contributed by atoms with van der Waals surface area (Å²) in [6, 6.07) is 14.6. The van der Waals surface area contributed by atoms with Crippen molar-refractivity contribution in [3.8, 4) is 0 Å². The number of carbonyl (C=O) groups is 2. The molecule has 2 aromatic carbocycles. The van der Waals surface area contributed by atoms with E-state index in [0.717, 1.165) is 18.4 Å². The van der Waals surface area contributed by atoms with Gasteiger partial charge in [0.1, 0.15) is 0 Å². The zero-order valence-electron chi connectivity index (χ0n) is 15.8. The summed E-state index contributed by atoms with van der Waals surface area (Å²) in [6.07, 6.45) is 7.95. The van der Waals surface area contributed by atoms with E-state index in [1.165, 1.54) is 31.2 Å². The Balaban J connectivity index is 1.90. The van der Waals surface area contributed by atoms with Crippen LogP contribution in [-0.4, -0.2) is 11.9 Å². The minimum Gasteiger partial charge on any atom is -0.386 e. The van der Waals surface area contributed by atoms with Gasteiger partial charge in [0.05, 0.1) is 11.1 Å². The van der Waals surface area contributed by atoms with Gasteiger partial charge in [0.15, 0.2) is 0 Å². The maximum atomic E-state index is 12.3. The van der Waals surface area contributed by atoms with Crippen LogP contribution >= 0.6 is 0 Å². The number of aryl methyl sites for hydroxylation is 2. The molecule has 2 aromatic rings. The van der Waals surface area contributed by atoms with E-state index in [4.69, 9.17) is 4.74 Å². The van der Waals surface area contributed by atoms with Crippen molar-refractivity contribution >= 4 is 11.9 Å². The summed E-state index contributed by atoms with van der Waals surface area (Å²) >= 11 is 0. The van der Waals surface area contributed by atoms with Crippen LogP contribution < -0.4 is 0 Å². The fourth-order valence-corrected chi connectivity index (χ4v) is 2.97. The monoisotopic (exact) mass is 352 g/mol. The van der Waals surface area contributed by atoms with Crippen LogP contribution in [0.1, 0.15) is 77.8 Å². The number of rotatable bonds is 9. The van der Waals surface area contributed by atoms with Gasteiger partial charge in [-0.1, -0.05) is 69.9 Å². The van der Waals surface area contributed by atoms with Crippen molar-refractivity contribution < 1.29 is 14.3 Å². The SMILES string of the molecule is CCCCCCCc1ccc(C(=O)OC(=O)c2ccccc2CC)cc1. The van der Waals surface area contributed by atoms with Gasteiger partial charge >= 0.3 is 11.9 Å². The molecule has 3 nitrogen and oxygen atoms in total. The predicted octanol–water partition coefficient (Wildman–Crippen LogP) is 5.76. The van der Waals surface area contributed by atoms with Gasteiger partial charge < -0.3 is 4.74 Å². The van der Waals surface area contributed by atoms with Gasteiger partial charge in [-0.05, 0) is 48.6 Å². The Labute approximate surface area is 156 Å². The van der Waals surface area contributed by atoms with Crippen molar-refractivity contribution in [2.24, 2.45) is 0 Å². The second-order valence-corrected chi connectivity index (χ2v) is 6.55. The standard InChI is InChI=1S/C23H28O3/c1-3-5-6-7-8-11-18-14-16-20(17-15-18)22(24)26-23(25)21-13-10-9-12-19(21)4-2/h9-10,12-17H,3-8,11H2,1-2H3. The molecule has 0 spiro atoms. The zero-order valence-corrected chi connectivity index (χ0v) is 15.8. The van der Waals surface area contributed by atoms with Crippen molar-refractivity contribution in [1.82, 2.24) is 0 Å². The van der Waals surface area contributed by atoms with Crippen LogP contribution in [0.25, 0.3) is 0 Å². The Morgan fingerprint density at radius 3 is 2.19 bits per heavy atom. The molecule has 0 atom stereocenters. The van der Waals surface area contributed by atoms with E-state index in [0.29, 0.717) is 17.5 Å². The molecule has 0 saturated carbocycles. The first kappa shape index (κ1) is 19.9. The molecule has 0 aromatic heterocycles. The minimum absolute atomic E-state index is 0.405. The highest BCUT2D eigenvalue weighted by Crippen LogP contribution is 2.14. The highest BCUT2D eigenvalue weighted by molar-refractivity contribution is 6.03. The molecule has 0 aliphatic carbocycles. The summed E-state index contributed by atoms with van der Waals surface area (Å²) in [5, 5.41) is 0. The third-order valence-electron chi connectivity index (χ3n) is 4.56. The number of hydrogen-bond acceptors (Lipinski definition) is 3. The molecule has 0 radical (unpaired) electrons. The van der Waals surface area contributed by atoms with Gasteiger partial charge in [-0.3, -0.25) is 0 Å². The molecule has 0 N–H and O–H groups in total. The quantitative estimate of drug-likeness (QED) is 0.327. The second-order valence-electron chi connectivity index (χ2n) is 6.55. The van der Waals surface area contributed by atoms with E-state index >= 15 is 0 Å². The normalized spacial score (nSPS) is 10.5. The molecule has 0 amide bonds. The summed E-state index contributed by atoms with van der Waals surface area (Å²) in [7, 11) is 0. The molecular formula is C23H28O3. The number of benzene rings is 2. The van der Waals surface area contributed by atoms with Crippen LogP contribution in [0.3, 0.4) is 0 Å². The van der Waals surface area contributed by atoms with E-state index in [1.54, 1.807) is 24.3 Å². The van der Waals surface area contributed by atoms with E-state index in [1.807, 2.05) is 31.2 Å². The average molecular weight is 352 g/mol. The fourth-order valence-electron chi connectivity index (χ4n) is 2.97. The van der Waals surface area contributed by atoms with Crippen LogP contribution in [0.4, 0.5) is 0 Å². The molecule has 0 heterocycles. The van der Waals surface area contributed by atoms with Crippen molar-refractivity contribution in [3.63, 3.8) is 0 Å². The van der Waals surface area contributed by atoms with Gasteiger partial charge in [-0.15, -0.1) is 0 Å². The summed E-state index contributed by atoms with van der Waals surface area (Å²) in [4.78, 5) is 24.5. The topological polar surface area (TPSA) is 43.4 Å². The maximum Gasteiger partial charge on any atom is 0.346 e. The number of unbranched alkanes of at least 4 members (excludes halogenated alkanes) is 4. The first-order chi connectivity index (χ1) is 12.7. The van der Waals surface area contributed by atoms with Crippen molar-refractivity contribution in [1.29, 1.82) is 0 Å². The minimum atomic E-state index is -0.601. The first-order valence-electron chi connectivity index (χ1n) is 9.59. The van der Waals surface area contributed by atoms with Gasteiger partial charge in [-0.25, -0.2) is 9.59 Å².